The van der Waals surface area contributed by atoms with Crippen molar-refractivity contribution in [1.29, 1.82) is 0 Å². The fourth-order valence-corrected chi connectivity index (χ4v) is 6.72. The Labute approximate surface area is 248 Å². The Morgan fingerprint density at radius 3 is 2.52 bits per heavy atom. The summed E-state index contributed by atoms with van der Waals surface area (Å²) in [6.07, 6.45) is 3.53. The van der Waals surface area contributed by atoms with Crippen LogP contribution in [0.1, 0.15) is 23.1 Å². The van der Waals surface area contributed by atoms with Crippen LogP contribution in [0.5, 0.6) is 0 Å². The summed E-state index contributed by atoms with van der Waals surface area (Å²) < 4.78 is 32.9. The van der Waals surface area contributed by atoms with Gasteiger partial charge in [0, 0.05) is 49.5 Å². The van der Waals surface area contributed by atoms with Crippen LogP contribution in [0.4, 0.5) is 5.82 Å². The van der Waals surface area contributed by atoms with Crippen molar-refractivity contribution in [1.82, 2.24) is 25.2 Å². The minimum absolute atomic E-state index is 0.0873. The maximum absolute atomic E-state index is 13.8. The van der Waals surface area contributed by atoms with Crippen molar-refractivity contribution in [2.24, 2.45) is 0 Å². The minimum Gasteiger partial charge on any atom is -0.480 e. The van der Waals surface area contributed by atoms with E-state index in [0.717, 1.165) is 29.2 Å². The predicted octanol–water partition coefficient (Wildman–Crippen LogP) is 3.45. The lowest BCUT2D eigenvalue weighted by molar-refractivity contribution is -0.138. The van der Waals surface area contributed by atoms with Crippen LogP contribution >= 0.6 is 11.3 Å². The zero-order chi connectivity index (χ0) is 29.4. The molecule has 220 valence electrons. The highest BCUT2D eigenvalue weighted by Crippen LogP contribution is 2.27. The van der Waals surface area contributed by atoms with Crippen LogP contribution < -0.4 is 10.6 Å². The highest BCUT2D eigenvalue weighted by molar-refractivity contribution is 7.91. The number of anilines is 1. The number of nitrogens with zero attached hydrogens (tertiary/aromatic N) is 4. The number of carboxylic acid groups (broad SMARTS) is 1. The van der Waals surface area contributed by atoms with E-state index in [1.54, 1.807) is 47.9 Å². The Morgan fingerprint density at radius 1 is 1.02 bits per heavy atom. The molecule has 1 aliphatic heterocycles. The van der Waals surface area contributed by atoms with Crippen LogP contribution in [0.2, 0.25) is 0 Å². The summed E-state index contributed by atoms with van der Waals surface area (Å²) >= 11 is 1.54. The van der Waals surface area contributed by atoms with Crippen molar-refractivity contribution in [3.05, 3.63) is 89.7 Å². The highest BCUT2D eigenvalue weighted by Gasteiger charge is 2.31. The Hall–Kier alpha value is -3.75. The molecule has 1 saturated heterocycles. The molecule has 3 N–H and O–H groups in total. The molecule has 13 heteroatoms. The number of nitrogens with one attached hydrogen (secondary N) is 2. The number of aliphatic carboxylic acids is 1. The van der Waals surface area contributed by atoms with E-state index in [2.05, 4.69) is 30.5 Å². The average molecular weight is 609 g/mol. The van der Waals surface area contributed by atoms with Gasteiger partial charge in [-0.05, 0) is 36.2 Å². The first kappa shape index (κ1) is 29.7. The molecule has 42 heavy (non-hydrogen) atoms. The number of hydrogen-bond donors (Lipinski definition) is 3. The summed E-state index contributed by atoms with van der Waals surface area (Å²) in [7, 11) is -4.01. The van der Waals surface area contributed by atoms with Gasteiger partial charge in [0.05, 0.1) is 18.9 Å². The molecule has 0 saturated carbocycles. The van der Waals surface area contributed by atoms with Gasteiger partial charge in [-0.1, -0.05) is 36.4 Å². The summed E-state index contributed by atoms with van der Waals surface area (Å²) in [5.74, 6) is -0.731. The van der Waals surface area contributed by atoms with Gasteiger partial charge < -0.3 is 15.2 Å². The third-order valence-corrected chi connectivity index (χ3v) is 9.54. The second-order valence-corrected chi connectivity index (χ2v) is 12.6. The van der Waals surface area contributed by atoms with Gasteiger partial charge in [-0.3, -0.25) is 10.2 Å². The highest BCUT2D eigenvalue weighted by atomic mass is 32.2. The number of ether oxygens (including phenoxy) is 1. The fourth-order valence-electron chi connectivity index (χ4n) is 4.60. The monoisotopic (exact) mass is 608 g/mol. The van der Waals surface area contributed by atoms with Crippen LogP contribution in [0.25, 0.3) is 10.6 Å². The normalized spacial score (nSPS) is 15.6. The number of carbonyl (C=O) groups is 1. The summed E-state index contributed by atoms with van der Waals surface area (Å²) in [5.41, 5.74) is 2.08. The Balaban J connectivity index is 1.36. The van der Waals surface area contributed by atoms with E-state index in [0.29, 0.717) is 26.2 Å². The number of rotatable bonds is 13. The van der Waals surface area contributed by atoms with Gasteiger partial charge in [0.1, 0.15) is 16.9 Å². The Bertz CT molecular complexity index is 1550. The van der Waals surface area contributed by atoms with Crippen LogP contribution in [0.15, 0.2) is 83.5 Å². The summed E-state index contributed by atoms with van der Waals surface area (Å²) in [6.45, 7) is 3.60. The van der Waals surface area contributed by atoms with Gasteiger partial charge in [0.15, 0.2) is 10.4 Å². The smallest absolute Gasteiger partial charge is 0.326 e. The zero-order valence-electron chi connectivity index (χ0n) is 22.8. The number of aromatic nitrogens is 3. The molecule has 5 rings (SSSR count). The van der Waals surface area contributed by atoms with Crippen molar-refractivity contribution >= 4 is 33.0 Å². The minimum atomic E-state index is -4.01. The molecule has 0 radical (unpaired) electrons. The molecule has 2 atom stereocenters. The van der Waals surface area contributed by atoms with Crippen molar-refractivity contribution < 1.29 is 23.1 Å². The first-order chi connectivity index (χ1) is 20.4. The van der Waals surface area contributed by atoms with Crippen LogP contribution in [-0.2, 0) is 25.9 Å². The molecule has 4 aromatic rings. The summed E-state index contributed by atoms with van der Waals surface area (Å²) in [4.78, 5) is 27.2. The largest absolute Gasteiger partial charge is 0.480 e. The lowest BCUT2D eigenvalue weighted by Gasteiger charge is -2.27. The molecule has 0 spiro atoms. The topological polar surface area (TPSA) is 147 Å². The van der Waals surface area contributed by atoms with E-state index >= 15 is 0 Å². The van der Waals surface area contributed by atoms with Crippen molar-refractivity contribution in [3.63, 3.8) is 0 Å². The molecule has 1 aliphatic rings. The molecule has 0 bridgehead atoms. The van der Waals surface area contributed by atoms with Gasteiger partial charge in [-0.2, -0.15) is 0 Å². The molecule has 1 fully saturated rings. The number of pyridine rings is 2. The fraction of sp³-hybridized carbons (Fsp3) is 0.310. The molecule has 3 aromatic heterocycles. The number of morpholine rings is 1. The third-order valence-electron chi connectivity index (χ3n) is 6.86. The molecular weight excluding hydrogens is 576 g/mol. The van der Waals surface area contributed by atoms with E-state index < -0.39 is 27.2 Å². The third kappa shape index (κ3) is 7.55. The quantitative estimate of drug-likeness (QED) is 0.205. The van der Waals surface area contributed by atoms with Gasteiger partial charge in [0.2, 0.25) is 9.84 Å². The summed E-state index contributed by atoms with van der Waals surface area (Å²) in [6, 6.07) is 16.5. The van der Waals surface area contributed by atoms with Gasteiger partial charge >= 0.3 is 5.97 Å². The maximum Gasteiger partial charge on any atom is 0.326 e. The van der Waals surface area contributed by atoms with Crippen LogP contribution in [0.3, 0.4) is 0 Å². The van der Waals surface area contributed by atoms with Crippen LogP contribution in [-0.4, -0.2) is 78.2 Å². The molecule has 0 amide bonds. The molecule has 0 aliphatic carbocycles. The van der Waals surface area contributed by atoms with Gasteiger partial charge in [-0.25, -0.2) is 28.2 Å². The van der Waals surface area contributed by atoms with Crippen molar-refractivity contribution in [2.45, 2.75) is 29.4 Å². The lowest BCUT2D eigenvalue weighted by atomic mass is 10.1. The van der Waals surface area contributed by atoms with E-state index in [-0.39, 0.29) is 23.1 Å². The van der Waals surface area contributed by atoms with E-state index in [4.69, 9.17) is 4.74 Å². The lowest BCUT2D eigenvalue weighted by Crippen LogP contribution is -2.40. The number of carboxylic acids is 1. The molecular formula is C29H32N6O5S2. The number of hydrogen-bond acceptors (Lipinski definition) is 11. The van der Waals surface area contributed by atoms with E-state index in [1.807, 2.05) is 29.6 Å². The zero-order valence-corrected chi connectivity index (χ0v) is 24.4. The second-order valence-electron chi connectivity index (χ2n) is 9.73. The first-order valence-electron chi connectivity index (χ1n) is 13.5. The molecule has 11 nitrogen and oxygen atoms in total. The Kier molecular flexibility index (Phi) is 9.87. The molecule has 4 heterocycles. The molecule has 2 unspecified atom stereocenters. The summed E-state index contributed by atoms with van der Waals surface area (Å²) in [5, 5.41) is 17.5. The van der Waals surface area contributed by atoms with E-state index in [1.165, 1.54) is 12.3 Å². The molecule has 1 aromatic carbocycles. The maximum atomic E-state index is 13.8. The van der Waals surface area contributed by atoms with E-state index in [9.17, 15) is 18.3 Å². The standard InChI is InChI=1S/C29H32N6O5S2/c36-29(37)24(11-14-35-15-17-40-18-16-35)34-25-5-3-4-23(33-25)28(42(38,39)26-6-1-2-12-30-26)32-20-21-7-9-22(10-8-21)27-31-13-19-41-27/h1-10,12-13,19,24,28,32H,11,14-18,20H2,(H,33,34)(H,36,37). The number of benzene rings is 1. The van der Waals surface area contributed by atoms with Crippen molar-refractivity contribution in [3.8, 4) is 10.6 Å². The van der Waals surface area contributed by atoms with Crippen molar-refractivity contribution in [2.75, 3.05) is 38.2 Å². The Morgan fingerprint density at radius 2 is 1.83 bits per heavy atom. The first-order valence-corrected chi connectivity index (χ1v) is 16.0. The van der Waals surface area contributed by atoms with Gasteiger partial charge in [-0.15, -0.1) is 11.3 Å². The van der Waals surface area contributed by atoms with Gasteiger partial charge in [0.25, 0.3) is 0 Å². The number of thiazole rings is 1. The number of sulfone groups is 1. The van der Waals surface area contributed by atoms with Crippen LogP contribution in [0, 0.1) is 0 Å². The predicted molar refractivity (Wildman–Crippen MR) is 160 cm³/mol. The average Bonchev–Trinajstić information content (AvgIpc) is 3.56. The SMILES string of the molecule is O=C(O)C(CCN1CCOCC1)Nc1cccc(C(NCc2ccc(-c3nccs3)cc2)S(=O)(=O)c2ccccn2)n1. The second kappa shape index (κ2) is 13.9.